The molecule has 1 amide bonds. The number of halogens is 1. The van der Waals surface area contributed by atoms with Crippen molar-refractivity contribution in [2.75, 3.05) is 12.8 Å². The molecule has 5 heteroatoms. The molecule has 1 unspecified atom stereocenters. The number of aromatic nitrogens is 1. The SMILES string of the molecule is CC(c1ccccc1Cl)N(C)C(=O)c1ccncc1N. The fraction of sp³-hybridized carbons (Fsp3) is 0.200. The first-order chi connectivity index (χ1) is 9.52. The standard InChI is InChI=1S/C15H16ClN3O/c1-10(11-5-3-4-6-13(11)16)19(2)15(20)12-7-8-18-9-14(12)17/h3-10H,17H2,1-2H3. The average Bonchev–Trinajstić information content (AvgIpc) is 2.46. The second kappa shape index (κ2) is 5.92. The summed E-state index contributed by atoms with van der Waals surface area (Å²) >= 11 is 6.17. The summed E-state index contributed by atoms with van der Waals surface area (Å²) in [5.41, 5.74) is 7.51. The maximum atomic E-state index is 12.5. The molecule has 1 aromatic carbocycles. The van der Waals surface area contributed by atoms with Crippen LogP contribution in [0.4, 0.5) is 5.69 Å². The second-order valence-electron chi connectivity index (χ2n) is 4.58. The molecule has 4 nitrogen and oxygen atoms in total. The number of pyridine rings is 1. The minimum atomic E-state index is -0.155. The number of hydrogen-bond acceptors (Lipinski definition) is 3. The number of benzene rings is 1. The van der Waals surface area contributed by atoms with Crippen LogP contribution < -0.4 is 5.73 Å². The van der Waals surface area contributed by atoms with Gasteiger partial charge in [0.15, 0.2) is 0 Å². The molecule has 0 bridgehead atoms. The van der Waals surface area contributed by atoms with Crippen molar-refractivity contribution < 1.29 is 4.79 Å². The number of carbonyl (C=O) groups excluding carboxylic acids is 1. The Bertz CT molecular complexity index is 630. The molecule has 104 valence electrons. The second-order valence-corrected chi connectivity index (χ2v) is 4.98. The van der Waals surface area contributed by atoms with Crippen molar-refractivity contribution in [1.82, 2.24) is 9.88 Å². The topological polar surface area (TPSA) is 59.2 Å². The van der Waals surface area contributed by atoms with Crippen molar-refractivity contribution in [2.45, 2.75) is 13.0 Å². The van der Waals surface area contributed by atoms with E-state index in [2.05, 4.69) is 4.98 Å². The van der Waals surface area contributed by atoms with Gasteiger partial charge in [0.05, 0.1) is 23.5 Å². The summed E-state index contributed by atoms with van der Waals surface area (Å²) in [5.74, 6) is -0.155. The van der Waals surface area contributed by atoms with Crippen molar-refractivity contribution in [1.29, 1.82) is 0 Å². The van der Waals surface area contributed by atoms with Gasteiger partial charge in [0.2, 0.25) is 0 Å². The Morgan fingerprint density at radius 2 is 2.05 bits per heavy atom. The smallest absolute Gasteiger partial charge is 0.256 e. The van der Waals surface area contributed by atoms with Crippen molar-refractivity contribution >= 4 is 23.2 Å². The summed E-state index contributed by atoms with van der Waals surface area (Å²) in [6.45, 7) is 1.93. The number of rotatable bonds is 3. The van der Waals surface area contributed by atoms with Crippen LogP contribution in [0.15, 0.2) is 42.7 Å². The van der Waals surface area contributed by atoms with Crippen LogP contribution in [0, 0.1) is 0 Å². The van der Waals surface area contributed by atoms with Gasteiger partial charge in [-0.2, -0.15) is 0 Å². The van der Waals surface area contributed by atoms with Gasteiger partial charge in [-0.1, -0.05) is 29.8 Å². The van der Waals surface area contributed by atoms with E-state index >= 15 is 0 Å². The van der Waals surface area contributed by atoms with Crippen LogP contribution in [0.1, 0.15) is 28.9 Å². The largest absolute Gasteiger partial charge is 0.397 e. The van der Waals surface area contributed by atoms with Crippen molar-refractivity contribution in [3.8, 4) is 0 Å². The quantitative estimate of drug-likeness (QED) is 0.944. The highest BCUT2D eigenvalue weighted by molar-refractivity contribution is 6.31. The van der Waals surface area contributed by atoms with Crippen molar-refractivity contribution in [2.24, 2.45) is 0 Å². The predicted molar refractivity (Wildman–Crippen MR) is 80.6 cm³/mol. The first-order valence-corrected chi connectivity index (χ1v) is 6.61. The van der Waals surface area contributed by atoms with Gasteiger partial charge >= 0.3 is 0 Å². The lowest BCUT2D eigenvalue weighted by Crippen LogP contribution is -2.30. The molecule has 2 aromatic rings. The molecule has 2 N–H and O–H groups in total. The summed E-state index contributed by atoms with van der Waals surface area (Å²) < 4.78 is 0. The molecular formula is C15H16ClN3O. The summed E-state index contributed by atoms with van der Waals surface area (Å²) in [4.78, 5) is 18.0. The molecule has 1 atom stereocenters. The first kappa shape index (κ1) is 14.3. The number of nitrogens with two attached hydrogens (primary N) is 1. The van der Waals surface area contributed by atoms with Crippen LogP contribution in [-0.4, -0.2) is 22.8 Å². The van der Waals surface area contributed by atoms with Gasteiger partial charge in [0.1, 0.15) is 0 Å². The van der Waals surface area contributed by atoms with Gasteiger partial charge in [0, 0.05) is 18.3 Å². The van der Waals surface area contributed by atoms with Gasteiger partial charge in [0.25, 0.3) is 5.91 Å². The summed E-state index contributed by atoms with van der Waals surface area (Å²) in [5, 5.41) is 0.641. The third kappa shape index (κ3) is 2.75. The molecule has 0 saturated carbocycles. The fourth-order valence-corrected chi connectivity index (χ4v) is 2.28. The van der Waals surface area contributed by atoms with E-state index in [1.54, 1.807) is 24.2 Å². The third-order valence-corrected chi connectivity index (χ3v) is 3.68. The van der Waals surface area contributed by atoms with Gasteiger partial charge in [-0.05, 0) is 24.6 Å². The van der Waals surface area contributed by atoms with Crippen molar-refractivity contribution in [3.05, 3.63) is 58.9 Å². The molecule has 1 aromatic heterocycles. The van der Waals surface area contributed by atoms with E-state index in [0.717, 1.165) is 5.56 Å². The molecule has 0 radical (unpaired) electrons. The normalized spacial score (nSPS) is 11.9. The molecule has 0 fully saturated rings. The highest BCUT2D eigenvalue weighted by Crippen LogP contribution is 2.27. The fourth-order valence-electron chi connectivity index (χ4n) is 1.99. The van der Waals surface area contributed by atoms with E-state index in [1.807, 2.05) is 31.2 Å². The Labute approximate surface area is 123 Å². The lowest BCUT2D eigenvalue weighted by Gasteiger charge is -2.26. The average molecular weight is 290 g/mol. The van der Waals surface area contributed by atoms with Crippen LogP contribution >= 0.6 is 11.6 Å². The van der Waals surface area contributed by atoms with Gasteiger partial charge in [-0.3, -0.25) is 9.78 Å². The summed E-state index contributed by atoms with van der Waals surface area (Å²) in [6, 6.07) is 8.95. The Hall–Kier alpha value is -2.07. The van der Waals surface area contributed by atoms with Gasteiger partial charge < -0.3 is 10.6 Å². The molecule has 0 aliphatic heterocycles. The molecule has 0 aliphatic rings. The number of carbonyl (C=O) groups is 1. The number of anilines is 1. The first-order valence-electron chi connectivity index (χ1n) is 6.23. The maximum absolute atomic E-state index is 12.5. The van der Waals surface area contributed by atoms with Gasteiger partial charge in [-0.15, -0.1) is 0 Å². The zero-order valence-corrected chi connectivity index (χ0v) is 12.1. The minimum absolute atomic E-state index is 0.149. The Kier molecular flexibility index (Phi) is 4.25. The van der Waals surface area contributed by atoms with Crippen LogP contribution in [0.3, 0.4) is 0 Å². The zero-order valence-electron chi connectivity index (χ0n) is 11.4. The van der Waals surface area contributed by atoms with E-state index in [9.17, 15) is 4.79 Å². The summed E-state index contributed by atoms with van der Waals surface area (Å²) in [7, 11) is 1.73. The monoisotopic (exact) mass is 289 g/mol. The molecule has 0 saturated heterocycles. The van der Waals surface area contributed by atoms with E-state index in [0.29, 0.717) is 16.3 Å². The Morgan fingerprint density at radius 3 is 2.70 bits per heavy atom. The number of nitrogens with zero attached hydrogens (tertiary/aromatic N) is 2. The molecule has 2 rings (SSSR count). The van der Waals surface area contributed by atoms with Crippen LogP contribution in [0.25, 0.3) is 0 Å². The number of nitrogen functional groups attached to an aromatic ring is 1. The number of hydrogen-bond donors (Lipinski definition) is 1. The van der Waals surface area contributed by atoms with E-state index in [4.69, 9.17) is 17.3 Å². The Balaban J connectivity index is 2.28. The molecular weight excluding hydrogens is 274 g/mol. The molecule has 20 heavy (non-hydrogen) atoms. The highest BCUT2D eigenvalue weighted by Gasteiger charge is 2.21. The molecule has 0 aliphatic carbocycles. The highest BCUT2D eigenvalue weighted by atomic mass is 35.5. The van der Waals surface area contributed by atoms with Crippen LogP contribution in [-0.2, 0) is 0 Å². The minimum Gasteiger partial charge on any atom is -0.397 e. The molecule has 0 spiro atoms. The van der Waals surface area contributed by atoms with E-state index < -0.39 is 0 Å². The predicted octanol–water partition coefficient (Wildman–Crippen LogP) is 3.15. The van der Waals surface area contributed by atoms with E-state index in [-0.39, 0.29) is 11.9 Å². The lowest BCUT2D eigenvalue weighted by atomic mass is 10.1. The van der Waals surface area contributed by atoms with Crippen LogP contribution in [0.2, 0.25) is 5.02 Å². The molecule has 1 heterocycles. The lowest BCUT2D eigenvalue weighted by molar-refractivity contribution is 0.0743. The zero-order chi connectivity index (χ0) is 14.7. The number of amides is 1. The third-order valence-electron chi connectivity index (χ3n) is 3.34. The van der Waals surface area contributed by atoms with Crippen molar-refractivity contribution in [3.63, 3.8) is 0 Å². The van der Waals surface area contributed by atoms with Gasteiger partial charge in [-0.25, -0.2) is 0 Å². The van der Waals surface area contributed by atoms with Crippen LogP contribution in [0.5, 0.6) is 0 Å². The summed E-state index contributed by atoms with van der Waals surface area (Å²) in [6.07, 6.45) is 3.03. The van der Waals surface area contributed by atoms with E-state index in [1.165, 1.54) is 6.20 Å². The maximum Gasteiger partial charge on any atom is 0.256 e. The Morgan fingerprint density at radius 1 is 1.35 bits per heavy atom.